The molecule has 0 fully saturated rings. The molecule has 0 amide bonds. The second-order valence-electron chi connectivity index (χ2n) is 16.3. The van der Waals surface area contributed by atoms with Gasteiger partial charge >= 0.3 is 15.6 Å². The molecule has 0 aliphatic rings. The van der Waals surface area contributed by atoms with Crippen molar-refractivity contribution < 1.29 is 36.3 Å². The summed E-state index contributed by atoms with van der Waals surface area (Å²) in [5, 5.41) is 0. The van der Waals surface area contributed by atoms with Crippen molar-refractivity contribution in [2.45, 2.75) is 80.1 Å². The Bertz CT molecular complexity index is 2190. The van der Waals surface area contributed by atoms with Crippen LogP contribution in [0.1, 0.15) is 74.9 Å². The van der Waals surface area contributed by atoms with Crippen LogP contribution in [0.4, 0.5) is 0 Å². The topological polar surface area (TPSA) is 89.5 Å². The number of benzene rings is 6. The molecule has 6 aromatic carbocycles. The van der Waals surface area contributed by atoms with Gasteiger partial charge in [0.2, 0.25) is 0 Å². The van der Waals surface area contributed by atoms with Gasteiger partial charge in [0.15, 0.2) is 0 Å². The standard InChI is InChI=1S/C48H52O8P2/c1-33-31-41(47(5,6)7)45(55-57(49,51-37-23-15-11-16-24-37)52-38-25-17-12-18-26-38)43(35(33)3)44-36(4)34(2)32-42(48(8,9)10)46(44)56-58(50,53-39-27-19-13-20-28-39)54-40-29-21-14-22-30-40/h11-32H,1-10H3. The number of phosphoric ester groups is 2. The van der Waals surface area contributed by atoms with E-state index in [0.29, 0.717) is 34.1 Å². The third kappa shape index (κ3) is 9.81. The molecule has 0 atom stereocenters. The lowest BCUT2D eigenvalue weighted by atomic mass is 9.78. The van der Waals surface area contributed by atoms with Gasteiger partial charge < -0.3 is 27.1 Å². The van der Waals surface area contributed by atoms with Crippen molar-refractivity contribution >= 4 is 15.6 Å². The van der Waals surface area contributed by atoms with E-state index in [-0.39, 0.29) is 11.5 Å². The number of para-hydroxylation sites is 4. The van der Waals surface area contributed by atoms with E-state index in [1.54, 1.807) is 97.1 Å². The second kappa shape index (κ2) is 16.8. The highest BCUT2D eigenvalue weighted by molar-refractivity contribution is 7.50. The highest BCUT2D eigenvalue weighted by Crippen LogP contribution is 2.60. The van der Waals surface area contributed by atoms with Crippen molar-refractivity contribution in [3.63, 3.8) is 0 Å². The Morgan fingerprint density at radius 1 is 0.379 bits per heavy atom. The Morgan fingerprint density at radius 2 is 0.621 bits per heavy atom. The molecule has 0 heterocycles. The van der Waals surface area contributed by atoms with Gasteiger partial charge in [-0.3, -0.25) is 0 Å². The van der Waals surface area contributed by atoms with E-state index >= 15 is 9.13 Å². The van der Waals surface area contributed by atoms with Gasteiger partial charge in [0.25, 0.3) is 0 Å². The lowest BCUT2D eigenvalue weighted by molar-refractivity contribution is 0.292. The second-order valence-corrected chi connectivity index (χ2v) is 19.2. The van der Waals surface area contributed by atoms with E-state index in [1.807, 2.05) is 64.1 Å². The van der Waals surface area contributed by atoms with Crippen molar-refractivity contribution in [3.8, 4) is 45.6 Å². The minimum Gasteiger partial charge on any atom is -0.386 e. The summed E-state index contributed by atoms with van der Waals surface area (Å²) in [7, 11) is -9.06. The number of hydrogen-bond acceptors (Lipinski definition) is 8. The van der Waals surface area contributed by atoms with Gasteiger partial charge in [-0.1, -0.05) is 126 Å². The van der Waals surface area contributed by atoms with Crippen LogP contribution < -0.4 is 27.1 Å². The lowest BCUT2D eigenvalue weighted by Gasteiger charge is -2.32. The Hall–Kier alpha value is -5.42. The zero-order valence-electron chi connectivity index (χ0n) is 34.9. The van der Waals surface area contributed by atoms with Crippen LogP contribution in [0.25, 0.3) is 11.1 Å². The number of phosphoric acid groups is 2. The zero-order valence-corrected chi connectivity index (χ0v) is 36.7. The third-order valence-corrected chi connectivity index (χ3v) is 12.3. The number of aryl methyl sites for hydroxylation is 2. The van der Waals surface area contributed by atoms with Crippen LogP contribution in [0.3, 0.4) is 0 Å². The molecule has 0 saturated heterocycles. The van der Waals surface area contributed by atoms with Crippen LogP contribution in [0.2, 0.25) is 0 Å². The average molecular weight is 819 g/mol. The van der Waals surface area contributed by atoms with Crippen LogP contribution in [-0.4, -0.2) is 0 Å². The third-order valence-electron chi connectivity index (χ3n) is 9.71. The predicted octanol–water partition coefficient (Wildman–Crippen LogP) is 14.5. The molecular formula is C48H52O8P2. The molecule has 6 aromatic rings. The maximum Gasteiger partial charge on any atom is 0.647 e. The minimum absolute atomic E-state index is 0.270. The van der Waals surface area contributed by atoms with Crippen LogP contribution >= 0.6 is 15.6 Å². The maximum atomic E-state index is 15.3. The number of hydrogen-bond donors (Lipinski definition) is 0. The molecule has 0 spiro atoms. The molecule has 58 heavy (non-hydrogen) atoms. The van der Waals surface area contributed by atoms with Gasteiger partial charge in [-0.15, -0.1) is 0 Å². The maximum absolute atomic E-state index is 15.3. The molecule has 0 radical (unpaired) electrons. The highest BCUT2D eigenvalue weighted by atomic mass is 31.2. The van der Waals surface area contributed by atoms with Crippen molar-refractivity contribution in [3.05, 3.63) is 167 Å². The Balaban J connectivity index is 1.67. The van der Waals surface area contributed by atoms with Crippen LogP contribution in [0, 0.1) is 27.7 Å². The predicted molar refractivity (Wildman–Crippen MR) is 233 cm³/mol. The van der Waals surface area contributed by atoms with E-state index in [0.717, 1.165) is 33.4 Å². The van der Waals surface area contributed by atoms with Crippen LogP contribution in [0.15, 0.2) is 133 Å². The van der Waals surface area contributed by atoms with Gasteiger partial charge in [0.05, 0.1) is 0 Å². The van der Waals surface area contributed by atoms with Crippen LogP contribution in [-0.2, 0) is 20.0 Å². The molecule has 302 valence electrons. The Kier molecular flexibility index (Phi) is 12.2. The fourth-order valence-corrected chi connectivity index (χ4v) is 9.04. The first kappa shape index (κ1) is 42.2. The SMILES string of the molecule is Cc1cc(C(C)(C)C)c(OP(=O)(Oc2ccccc2)Oc2ccccc2)c(-c2c(C)c(C)cc(C(C)(C)C)c2OP(=O)(Oc2ccccc2)Oc2ccccc2)c1C. The van der Waals surface area contributed by atoms with Crippen molar-refractivity contribution in [1.29, 1.82) is 0 Å². The fraction of sp³-hybridized carbons (Fsp3) is 0.250. The molecular weight excluding hydrogens is 766 g/mol. The fourth-order valence-electron chi connectivity index (χ4n) is 6.47. The van der Waals surface area contributed by atoms with Gasteiger partial charge in [-0.2, -0.15) is 9.13 Å². The van der Waals surface area contributed by atoms with Gasteiger partial charge in [-0.05, 0) is 109 Å². The summed E-state index contributed by atoms with van der Waals surface area (Å²) < 4.78 is 69.0. The molecule has 6 rings (SSSR count). The van der Waals surface area contributed by atoms with E-state index in [9.17, 15) is 0 Å². The first-order chi connectivity index (χ1) is 27.4. The summed E-state index contributed by atoms with van der Waals surface area (Å²) in [5.41, 5.74) is 5.08. The zero-order chi connectivity index (χ0) is 41.9. The quantitative estimate of drug-likeness (QED) is 0.106. The van der Waals surface area contributed by atoms with Gasteiger partial charge in [0.1, 0.15) is 34.5 Å². The summed E-state index contributed by atoms with van der Waals surface area (Å²) in [4.78, 5) is 0. The summed E-state index contributed by atoms with van der Waals surface area (Å²) in [5.74, 6) is 1.73. The largest absolute Gasteiger partial charge is 0.647 e. The molecule has 0 unspecified atom stereocenters. The molecule has 0 aliphatic carbocycles. The van der Waals surface area contributed by atoms with Crippen molar-refractivity contribution in [2.24, 2.45) is 0 Å². The summed E-state index contributed by atoms with van der Waals surface area (Å²) in [6, 6.07) is 39.3. The first-order valence-electron chi connectivity index (χ1n) is 19.2. The van der Waals surface area contributed by atoms with Gasteiger partial charge in [0, 0.05) is 22.3 Å². The molecule has 8 nitrogen and oxygen atoms in total. The Labute approximate surface area is 343 Å². The van der Waals surface area contributed by atoms with E-state index in [2.05, 4.69) is 41.5 Å². The summed E-state index contributed by atoms with van der Waals surface area (Å²) in [6.45, 7) is 20.4. The molecule has 0 bridgehead atoms. The van der Waals surface area contributed by atoms with Gasteiger partial charge in [-0.25, -0.2) is 0 Å². The lowest BCUT2D eigenvalue weighted by Crippen LogP contribution is -2.19. The number of rotatable bonds is 13. The Morgan fingerprint density at radius 3 is 0.845 bits per heavy atom. The summed E-state index contributed by atoms with van der Waals surface area (Å²) >= 11 is 0. The molecule has 0 saturated carbocycles. The van der Waals surface area contributed by atoms with Crippen molar-refractivity contribution in [2.75, 3.05) is 0 Å². The minimum atomic E-state index is -4.53. The first-order valence-corrected chi connectivity index (χ1v) is 22.2. The average Bonchev–Trinajstić information content (AvgIpc) is 3.16. The van der Waals surface area contributed by atoms with E-state index in [1.165, 1.54) is 0 Å². The summed E-state index contributed by atoms with van der Waals surface area (Å²) in [6.07, 6.45) is 0. The van der Waals surface area contributed by atoms with Crippen molar-refractivity contribution in [1.82, 2.24) is 0 Å². The molecule has 0 aliphatic heterocycles. The molecule has 0 aromatic heterocycles. The molecule has 10 heteroatoms. The van der Waals surface area contributed by atoms with E-state index in [4.69, 9.17) is 27.1 Å². The van der Waals surface area contributed by atoms with E-state index < -0.39 is 26.5 Å². The smallest absolute Gasteiger partial charge is 0.386 e. The highest BCUT2D eigenvalue weighted by Gasteiger charge is 2.41. The van der Waals surface area contributed by atoms with Crippen LogP contribution in [0.5, 0.6) is 34.5 Å². The monoisotopic (exact) mass is 818 g/mol. The molecule has 0 N–H and O–H groups in total. The normalized spacial score (nSPS) is 12.1.